The number of unbranched alkanes of at least 4 members (excludes halogenated alkanes) is 26. The summed E-state index contributed by atoms with van der Waals surface area (Å²) in [5.74, 6) is -0.901. The molecule has 0 amide bonds. The van der Waals surface area contributed by atoms with E-state index >= 15 is 0 Å². The monoisotopic (exact) mass is 1150 g/mol. The third-order valence-electron chi connectivity index (χ3n) is 14.3. The molecule has 0 radical (unpaired) electrons. The fraction of sp³-hybridized carbons (Fsp3) is 0.649. The third-order valence-corrected chi connectivity index (χ3v) is 14.3. The van der Waals surface area contributed by atoms with Gasteiger partial charge in [-0.15, -0.1) is 0 Å². The molecule has 0 aromatic rings. The Labute approximate surface area is 512 Å². The number of ether oxygens (including phenoxy) is 3. The van der Waals surface area contributed by atoms with Crippen LogP contribution in [-0.2, 0) is 28.6 Å². The molecule has 0 fully saturated rings. The Bertz CT molecular complexity index is 1800. The minimum atomic E-state index is -0.789. The largest absolute Gasteiger partial charge is 0.462 e. The first-order valence-electron chi connectivity index (χ1n) is 34.3. The second-order valence-corrected chi connectivity index (χ2v) is 22.3. The minimum absolute atomic E-state index is 0.0850. The Morgan fingerprint density at radius 3 is 0.735 bits per heavy atom. The summed E-state index contributed by atoms with van der Waals surface area (Å²) < 4.78 is 16.9. The summed E-state index contributed by atoms with van der Waals surface area (Å²) in [7, 11) is 0. The van der Waals surface area contributed by atoms with Crippen molar-refractivity contribution >= 4 is 17.9 Å². The zero-order valence-electron chi connectivity index (χ0n) is 53.9. The average Bonchev–Trinajstić information content (AvgIpc) is 3.49. The van der Waals surface area contributed by atoms with Gasteiger partial charge in [0.25, 0.3) is 0 Å². The van der Waals surface area contributed by atoms with Crippen LogP contribution >= 0.6 is 0 Å². The highest BCUT2D eigenvalue weighted by Gasteiger charge is 2.19. The fourth-order valence-electron chi connectivity index (χ4n) is 9.27. The SMILES string of the molecule is CC/C=C\C/C=C\C/C=C\C/C=C\C/C=C\C/C=C\C/C=C\C/C=C\CCCCCCCCC(=O)OCC(COC(=O)CCCCCCCCCCC)OC(=O)CCCCCCCCCCCCCC/C=C\C/C=C\C/C=C\C/C=C\CC. The smallest absolute Gasteiger partial charge is 0.306 e. The second kappa shape index (κ2) is 69.8. The molecule has 470 valence electrons. The molecule has 0 N–H and O–H groups in total. The Kier molecular flexibility index (Phi) is 65.8. The molecule has 0 aromatic carbocycles. The number of carbonyl (C=O) groups is 3. The average molecular weight is 1150 g/mol. The zero-order chi connectivity index (χ0) is 59.9. The van der Waals surface area contributed by atoms with Crippen LogP contribution < -0.4 is 0 Å². The van der Waals surface area contributed by atoms with Gasteiger partial charge in [-0.3, -0.25) is 14.4 Å². The van der Waals surface area contributed by atoms with Crippen molar-refractivity contribution in [2.45, 2.75) is 309 Å². The highest BCUT2D eigenvalue weighted by atomic mass is 16.6. The van der Waals surface area contributed by atoms with E-state index in [9.17, 15) is 14.4 Å². The molecule has 0 aliphatic rings. The van der Waals surface area contributed by atoms with Crippen molar-refractivity contribution in [2.24, 2.45) is 0 Å². The molecular weight excluding hydrogens is 1020 g/mol. The first-order chi connectivity index (χ1) is 41.0. The maximum absolute atomic E-state index is 12.9. The molecule has 0 aliphatic heterocycles. The van der Waals surface area contributed by atoms with Crippen LogP contribution in [0, 0.1) is 0 Å². The van der Waals surface area contributed by atoms with E-state index in [1.54, 1.807) is 0 Å². The van der Waals surface area contributed by atoms with Crippen molar-refractivity contribution in [2.75, 3.05) is 13.2 Å². The molecule has 0 saturated carbocycles. The van der Waals surface area contributed by atoms with Crippen LogP contribution in [0.25, 0.3) is 0 Å². The van der Waals surface area contributed by atoms with Gasteiger partial charge in [-0.05, 0) is 122 Å². The lowest BCUT2D eigenvalue weighted by Gasteiger charge is -2.18. The Balaban J connectivity index is 4.25. The van der Waals surface area contributed by atoms with Crippen LogP contribution in [0.5, 0.6) is 0 Å². The lowest BCUT2D eigenvalue weighted by molar-refractivity contribution is -0.167. The number of hydrogen-bond donors (Lipinski definition) is 0. The van der Waals surface area contributed by atoms with Gasteiger partial charge in [0.15, 0.2) is 6.10 Å². The Morgan fingerprint density at radius 1 is 0.253 bits per heavy atom. The molecule has 0 aliphatic carbocycles. The number of hydrogen-bond acceptors (Lipinski definition) is 6. The predicted molar refractivity (Wildman–Crippen MR) is 362 cm³/mol. The van der Waals surface area contributed by atoms with Crippen molar-refractivity contribution < 1.29 is 28.6 Å². The molecule has 83 heavy (non-hydrogen) atoms. The van der Waals surface area contributed by atoms with Crippen LogP contribution in [-0.4, -0.2) is 37.2 Å². The second-order valence-electron chi connectivity index (χ2n) is 22.3. The van der Waals surface area contributed by atoms with Gasteiger partial charge in [-0.1, -0.05) is 308 Å². The van der Waals surface area contributed by atoms with Crippen molar-refractivity contribution in [1.29, 1.82) is 0 Å². The molecule has 1 atom stereocenters. The summed E-state index contributed by atoms with van der Waals surface area (Å²) in [5.41, 5.74) is 0. The molecule has 6 nitrogen and oxygen atoms in total. The fourth-order valence-corrected chi connectivity index (χ4v) is 9.27. The third kappa shape index (κ3) is 68.0. The summed E-state index contributed by atoms with van der Waals surface area (Å²) in [5, 5.41) is 0. The Hall–Kier alpha value is -4.71. The van der Waals surface area contributed by atoms with E-state index in [2.05, 4.69) is 167 Å². The molecule has 0 rings (SSSR count). The van der Waals surface area contributed by atoms with Gasteiger partial charge < -0.3 is 14.2 Å². The Morgan fingerprint density at radius 2 is 0.470 bits per heavy atom. The van der Waals surface area contributed by atoms with E-state index in [0.29, 0.717) is 19.3 Å². The maximum atomic E-state index is 12.9. The van der Waals surface area contributed by atoms with E-state index in [4.69, 9.17) is 14.2 Å². The molecule has 0 spiro atoms. The van der Waals surface area contributed by atoms with E-state index in [-0.39, 0.29) is 31.1 Å². The van der Waals surface area contributed by atoms with Crippen LogP contribution in [0.15, 0.2) is 146 Å². The van der Waals surface area contributed by atoms with E-state index in [1.807, 2.05) is 0 Å². The highest BCUT2D eigenvalue weighted by molar-refractivity contribution is 5.71. The first-order valence-corrected chi connectivity index (χ1v) is 34.3. The van der Waals surface area contributed by atoms with Gasteiger partial charge in [0, 0.05) is 19.3 Å². The summed E-state index contributed by atoms with van der Waals surface area (Å²) in [6.45, 7) is 6.39. The number of esters is 3. The van der Waals surface area contributed by atoms with Crippen molar-refractivity contribution in [3.8, 4) is 0 Å². The van der Waals surface area contributed by atoms with E-state index in [0.717, 1.165) is 148 Å². The summed E-state index contributed by atoms with van der Waals surface area (Å²) in [4.78, 5) is 38.3. The number of allylic oxidation sites excluding steroid dienone is 24. The molecule has 6 heteroatoms. The van der Waals surface area contributed by atoms with Gasteiger partial charge in [0.2, 0.25) is 0 Å². The molecule has 0 saturated heterocycles. The lowest BCUT2D eigenvalue weighted by atomic mass is 10.0. The summed E-state index contributed by atoms with van der Waals surface area (Å²) >= 11 is 0. The minimum Gasteiger partial charge on any atom is -0.462 e. The standard InChI is InChI=1S/C77H126O6/c1-4-7-10-13-16-19-21-23-25-27-29-31-33-35-36-37-38-39-40-42-43-45-47-49-51-53-55-58-61-64-67-70-76(79)82-73-74(72-81-75(78)69-66-63-60-57-18-15-12-9-6-3)83-77(80)71-68-65-62-59-56-54-52-50-48-46-44-41-34-32-30-28-26-24-22-20-17-14-11-8-5-2/h7-8,10-11,16-17,19-20,23-26,29-32,35-36,38-39,42-43,47,49,74H,4-6,9,12-15,18,21-22,27-28,33-34,37,40-41,44-46,48,50-73H2,1-3H3/b10-7-,11-8-,19-16-,20-17-,25-23-,26-24-,31-29-,32-30-,36-35-,39-38-,43-42-,49-47-. The van der Waals surface area contributed by atoms with Gasteiger partial charge >= 0.3 is 17.9 Å². The van der Waals surface area contributed by atoms with Gasteiger partial charge in [-0.2, -0.15) is 0 Å². The van der Waals surface area contributed by atoms with Gasteiger partial charge in [0.1, 0.15) is 13.2 Å². The van der Waals surface area contributed by atoms with Crippen LogP contribution in [0.2, 0.25) is 0 Å². The normalized spacial score (nSPS) is 13.0. The molecule has 0 aromatic heterocycles. The highest BCUT2D eigenvalue weighted by Crippen LogP contribution is 2.16. The number of carbonyl (C=O) groups excluding carboxylic acids is 3. The lowest BCUT2D eigenvalue weighted by Crippen LogP contribution is -2.30. The predicted octanol–water partition coefficient (Wildman–Crippen LogP) is 23.9. The molecule has 0 bridgehead atoms. The van der Waals surface area contributed by atoms with Crippen LogP contribution in [0.4, 0.5) is 0 Å². The van der Waals surface area contributed by atoms with Gasteiger partial charge in [0.05, 0.1) is 0 Å². The molecule has 0 heterocycles. The first kappa shape index (κ1) is 78.3. The zero-order valence-corrected chi connectivity index (χ0v) is 53.9. The topological polar surface area (TPSA) is 78.9 Å². The summed E-state index contributed by atoms with van der Waals surface area (Å²) in [6, 6.07) is 0. The molecular formula is C77H126O6. The van der Waals surface area contributed by atoms with Crippen molar-refractivity contribution in [1.82, 2.24) is 0 Å². The van der Waals surface area contributed by atoms with Gasteiger partial charge in [-0.25, -0.2) is 0 Å². The van der Waals surface area contributed by atoms with Crippen molar-refractivity contribution in [3.63, 3.8) is 0 Å². The number of rotatable bonds is 61. The van der Waals surface area contributed by atoms with E-state index < -0.39 is 6.10 Å². The maximum Gasteiger partial charge on any atom is 0.306 e. The van der Waals surface area contributed by atoms with Crippen LogP contribution in [0.1, 0.15) is 303 Å². The molecule has 1 unspecified atom stereocenters. The quantitative estimate of drug-likeness (QED) is 0.0261. The van der Waals surface area contributed by atoms with Crippen molar-refractivity contribution in [3.05, 3.63) is 146 Å². The van der Waals surface area contributed by atoms with Crippen LogP contribution in [0.3, 0.4) is 0 Å². The summed E-state index contributed by atoms with van der Waals surface area (Å²) in [6.07, 6.45) is 100. The van der Waals surface area contributed by atoms with E-state index in [1.165, 1.54) is 116 Å².